The van der Waals surface area contributed by atoms with Gasteiger partial charge in [-0.1, -0.05) is 46.9 Å². The molecule has 0 aliphatic rings. The lowest BCUT2D eigenvalue weighted by Gasteiger charge is -2.18. The van der Waals surface area contributed by atoms with Crippen LogP contribution in [0, 0.1) is 0 Å². The van der Waals surface area contributed by atoms with Crippen LogP contribution in [0.1, 0.15) is 40.1 Å². The molecular weight excluding hydrogens is 411 g/mol. The Morgan fingerprint density at radius 2 is 1.63 bits per heavy atom. The summed E-state index contributed by atoms with van der Waals surface area (Å²) in [6.45, 7) is 5.31. The Morgan fingerprint density at radius 1 is 1.04 bits per heavy atom. The zero-order valence-corrected chi connectivity index (χ0v) is 17.1. The van der Waals surface area contributed by atoms with E-state index in [1.165, 1.54) is 6.07 Å². The first-order valence-electron chi connectivity index (χ1n) is 8.32. The maximum Gasteiger partial charge on any atom is 0.256 e. The Labute approximate surface area is 172 Å². The van der Waals surface area contributed by atoms with Crippen molar-refractivity contribution >= 4 is 46.6 Å². The van der Waals surface area contributed by atoms with Crippen molar-refractivity contribution in [1.82, 2.24) is 10.2 Å². The number of phenolic OH excluding ortho intramolecular Hbond substituents is 1. The molecule has 0 radical (unpaired) electrons. The van der Waals surface area contributed by atoms with E-state index < -0.39 is 11.7 Å². The van der Waals surface area contributed by atoms with Gasteiger partial charge in [0.25, 0.3) is 11.8 Å². The number of halogens is 3. The SMILES string of the molecule is CCN(CC)C(=O)c1ccc(CNC(=O)c2c(O)c(Cl)cc(Cl)c2Cl)cc1. The van der Waals surface area contributed by atoms with Crippen molar-refractivity contribution in [1.29, 1.82) is 0 Å². The second-order valence-corrected chi connectivity index (χ2v) is 6.93. The predicted octanol–water partition coefficient (Wildman–Crippen LogP) is 4.76. The largest absolute Gasteiger partial charge is 0.505 e. The van der Waals surface area contributed by atoms with Gasteiger partial charge in [0.15, 0.2) is 0 Å². The first kappa shape index (κ1) is 21.4. The molecule has 144 valence electrons. The average molecular weight is 430 g/mol. The second-order valence-electron chi connectivity index (χ2n) is 5.73. The minimum absolute atomic E-state index is 0.0409. The number of hydrogen-bond acceptors (Lipinski definition) is 3. The maximum absolute atomic E-state index is 12.4. The topological polar surface area (TPSA) is 69.6 Å². The molecule has 0 atom stereocenters. The fourth-order valence-corrected chi connectivity index (χ4v) is 3.22. The van der Waals surface area contributed by atoms with Gasteiger partial charge in [-0.15, -0.1) is 0 Å². The zero-order chi connectivity index (χ0) is 20.1. The van der Waals surface area contributed by atoms with Crippen molar-refractivity contribution in [3.63, 3.8) is 0 Å². The van der Waals surface area contributed by atoms with Crippen LogP contribution in [0.2, 0.25) is 15.1 Å². The zero-order valence-electron chi connectivity index (χ0n) is 14.9. The van der Waals surface area contributed by atoms with Crippen LogP contribution in [0.3, 0.4) is 0 Å². The molecule has 2 amide bonds. The molecule has 0 aliphatic carbocycles. The summed E-state index contributed by atoms with van der Waals surface area (Å²) in [7, 11) is 0. The van der Waals surface area contributed by atoms with Gasteiger partial charge in [-0.05, 0) is 37.6 Å². The number of phenols is 1. The fourth-order valence-electron chi connectivity index (χ4n) is 2.52. The van der Waals surface area contributed by atoms with Gasteiger partial charge in [0.05, 0.1) is 15.1 Å². The van der Waals surface area contributed by atoms with Crippen molar-refractivity contribution in [3.8, 4) is 5.75 Å². The van der Waals surface area contributed by atoms with Crippen molar-refractivity contribution < 1.29 is 14.7 Å². The summed E-state index contributed by atoms with van der Waals surface area (Å²) in [6, 6.07) is 8.20. The molecule has 0 bridgehead atoms. The number of benzene rings is 2. The number of carbonyl (C=O) groups excluding carboxylic acids is 2. The van der Waals surface area contributed by atoms with Crippen LogP contribution < -0.4 is 5.32 Å². The fraction of sp³-hybridized carbons (Fsp3) is 0.263. The van der Waals surface area contributed by atoms with Gasteiger partial charge < -0.3 is 15.3 Å². The predicted molar refractivity (Wildman–Crippen MR) is 108 cm³/mol. The number of nitrogens with zero attached hydrogens (tertiary/aromatic N) is 1. The molecule has 2 rings (SSSR count). The molecule has 0 unspecified atom stereocenters. The summed E-state index contributed by atoms with van der Waals surface area (Å²) < 4.78 is 0. The van der Waals surface area contributed by atoms with E-state index >= 15 is 0 Å². The summed E-state index contributed by atoms with van der Waals surface area (Å²) in [5, 5.41) is 12.6. The highest BCUT2D eigenvalue weighted by Crippen LogP contribution is 2.38. The quantitative estimate of drug-likeness (QED) is 0.650. The Bertz CT molecular complexity index is 824. The lowest BCUT2D eigenvalue weighted by atomic mass is 10.1. The van der Waals surface area contributed by atoms with Gasteiger partial charge in [0, 0.05) is 25.2 Å². The molecule has 0 heterocycles. The highest BCUT2D eigenvalue weighted by atomic mass is 35.5. The molecule has 0 aliphatic heterocycles. The summed E-state index contributed by atoms with van der Waals surface area (Å²) in [5.74, 6) is -1.07. The highest BCUT2D eigenvalue weighted by molar-refractivity contribution is 6.45. The van der Waals surface area contributed by atoms with E-state index in [0.29, 0.717) is 18.7 Å². The minimum atomic E-state index is -0.606. The van der Waals surface area contributed by atoms with Gasteiger partial charge in [0.2, 0.25) is 0 Å². The van der Waals surface area contributed by atoms with Crippen LogP contribution in [0.5, 0.6) is 5.75 Å². The number of carbonyl (C=O) groups is 2. The first-order valence-corrected chi connectivity index (χ1v) is 9.46. The summed E-state index contributed by atoms with van der Waals surface area (Å²) >= 11 is 17.8. The lowest BCUT2D eigenvalue weighted by molar-refractivity contribution is 0.0772. The third-order valence-corrected chi connectivity index (χ3v) is 5.15. The molecule has 0 saturated carbocycles. The van der Waals surface area contributed by atoms with Crippen LogP contribution in [0.4, 0.5) is 0 Å². The molecule has 0 saturated heterocycles. The van der Waals surface area contributed by atoms with Gasteiger partial charge in [-0.25, -0.2) is 0 Å². The molecule has 0 fully saturated rings. The molecule has 2 aromatic rings. The van der Waals surface area contributed by atoms with E-state index in [2.05, 4.69) is 5.32 Å². The van der Waals surface area contributed by atoms with Crippen LogP contribution in [0.15, 0.2) is 30.3 Å². The first-order chi connectivity index (χ1) is 12.8. The van der Waals surface area contributed by atoms with Crippen LogP contribution in [0.25, 0.3) is 0 Å². The van der Waals surface area contributed by atoms with Crippen molar-refractivity contribution in [3.05, 3.63) is 62.1 Å². The van der Waals surface area contributed by atoms with Crippen LogP contribution >= 0.6 is 34.8 Å². The molecule has 2 N–H and O–H groups in total. The lowest BCUT2D eigenvalue weighted by Crippen LogP contribution is -2.30. The third kappa shape index (κ3) is 4.86. The number of nitrogens with one attached hydrogen (secondary N) is 1. The smallest absolute Gasteiger partial charge is 0.256 e. The molecular formula is C19H19Cl3N2O3. The standard InChI is InChI=1S/C19H19Cl3N2O3/c1-3-24(4-2)19(27)12-7-5-11(6-8-12)10-23-18(26)15-16(22)13(20)9-14(21)17(15)25/h5-9,25H,3-4,10H2,1-2H3,(H,23,26). The van der Waals surface area contributed by atoms with E-state index in [1.807, 2.05) is 13.8 Å². The number of amides is 2. The van der Waals surface area contributed by atoms with E-state index in [0.717, 1.165) is 5.56 Å². The Balaban J connectivity index is 2.10. The van der Waals surface area contributed by atoms with Crippen LogP contribution in [-0.2, 0) is 6.54 Å². The van der Waals surface area contributed by atoms with Gasteiger partial charge in [-0.3, -0.25) is 9.59 Å². The van der Waals surface area contributed by atoms with E-state index in [-0.39, 0.29) is 33.1 Å². The summed E-state index contributed by atoms with van der Waals surface area (Å²) in [4.78, 5) is 26.4. The van der Waals surface area contributed by atoms with Gasteiger partial charge in [-0.2, -0.15) is 0 Å². The Morgan fingerprint density at radius 3 is 2.19 bits per heavy atom. The average Bonchev–Trinajstić information content (AvgIpc) is 2.66. The van der Waals surface area contributed by atoms with Crippen LogP contribution in [-0.4, -0.2) is 34.9 Å². The highest BCUT2D eigenvalue weighted by Gasteiger charge is 2.21. The summed E-state index contributed by atoms with van der Waals surface area (Å²) in [5.41, 5.74) is 1.18. The van der Waals surface area contributed by atoms with Gasteiger partial charge in [0.1, 0.15) is 11.3 Å². The number of hydrogen-bond donors (Lipinski definition) is 2. The number of rotatable bonds is 6. The van der Waals surface area contributed by atoms with E-state index in [9.17, 15) is 14.7 Å². The molecule has 27 heavy (non-hydrogen) atoms. The monoisotopic (exact) mass is 428 g/mol. The van der Waals surface area contributed by atoms with Crippen molar-refractivity contribution in [2.24, 2.45) is 0 Å². The molecule has 0 spiro atoms. The van der Waals surface area contributed by atoms with E-state index in [1.54, 1.807) is 29.2 Å². The molecule has 5 nitrogen and oxygen atoms in total. The molecule has 2 aromatic carbocycles. The van der Waals surface area contributed by atoms with Crippen molar-refractivity contribution in [2.45, 2.75) is 20.4 Å². The molecule has 8 heteroatoms. The van der Waals surface area contributed by atoms with Crippen molar-refractivity contribution in [2.75, 3.05) is 13.1 Å². The summed E-state index contributed by atoms with van der Waals surface area (Å²) in [6.07, 6.45) is 0. The second kappa shape index (κ2) is 9.31. The normalized spacial score (nSPS) is 10.6. The minimum Gasteiger partial charge on any atom is -0.505 e. The molecule has 0 aromatic heterocycles. The van der Waals surface area contributed by atoms with Gasteiger partial charge >= 0.3 is 0 Å². The maximum atomic E-state index is 12.4. The third-order valence-electron chi connectivity index (χ3n) is 4.08. The Hall–Kier alpha value is -1.95. The number of aromatic hydroxyl groups is 1. The van der Waals surface area contributed by atoms with E-state index in [4.69, 9.17) is 34.8 Å². The Kier molecular flexibility index (Phi) is 7.36.